The number of halogens is 1. The highest BCUT2D eigenvalue weighted by Crippen LogP contribution is 2.15. The van der Waals surface area contributed by atoms with E-state index < -0.39 is 5.97 Å². The first-order chi connectivity index (χ1) is 7.10. The summed E-state index contributed by atoms with van der Waals surface area (Å²) in [5, 5.41) is 0.116. The molecule has 82 valence electrons. The van der Waals surface area contributed by atoms with Crippen molar-refractivity contribution in [1.29, 1.82) is 0 Å². The van der Waals surface area contributed by atoms with Gasteiger partial charge in [-0.05, 0) is 6.92 Å². The molecule has 0 atom stereocenters. The third-order valence-corrected chi connectivity index (χ3v) is 2.21. The van der Waals surface area contributed by atoms with Crippen LogP contribution in [-0.2, 0) is 16.1 Å². The Bertz CT molecular complexity index is 387. The Morgan fingerprint density at radius 2 is 2.27 bits per heavy atom. The van der Waals surface area contributed by atoms with Crippen molar-refractivity contribution < 1.29 is 14.3 Å². The second-order valence-electron chi connectivity index (χ2n) is 2.85. The van der Waals surface area contributed by atoms with Gasteiger partial charge in [0.05, 0.1) is 13.4 Å². The highest BCUT2D eigenvalue weighted by molar-refractivity contribution is 6.33. The van der Waals surface area contributed by atoms with Crippen LogP contribution in [0, 0.1) is 0 Å². The molecule has 0 aromatic carbocycles. The summed E-state index contributed by atoms with van der Waals surface area (Å²) in [7, 11) is 1.23. The highest BCUT2D eigenvalue weighted by atomic mass is 35.5. The number of esters is 1. The molecule has 0 aliphatic heterocycles. The van der Waals surface area contributed by atoms with Crippen molar-refractivity contribution in [2.75, 3.05) is 7.11 Å². The van der Waals surface area contributed by atoms with E-state index in [0.717, 1.165) is 0 Å². The quantitative estimate of drug-likeness (QED) is 0.444. The maximum atomic E-state index is 11.6. The number of carbonyl (C=O) groups is 2. The van der Waals surface area contributed by atoms with Gasteiger partial charge in [0.1, 0.15) is 12.1 Å². The van der Waals surface area contributed by atoms with E-state index in [-0.39, 0.29) is 23.1 Å². The van der Waals surface area contributed by atoms with Crippen LogP contribution in [0.2, 0.25) is 5.15 Å². The topological polar surface area (TPSA) is 61.2 Å². The first-order valence-electron chi connectivity index (χ1n) is 4.40. The summed E-state index contributed by atoms with van der Waals surface area (Å²) in [4.78, 5) is 26.3. The van der Waals surface area contributed by atoms with Gasteiger partial charge in [0, 0.05) is 6.54 Å². The Labute approximate surface area is 92.0 Å². The molecule has 1 rings (SSSR count). The zero-order valence-corrected chi connectivity index (χ0v) is 9.24. The molecule has 0 radical (unpaired) electrons. The van der Waals surface area contributed by atoms with Crippen LogP contribution in [0.4, 0.5) is 0 Å². The zero-order valence-electron chi connectivity index (χ0n) is 8.49. The number of nitrogens with zero attached hydrogens (tertiary/aromatic N) is 2. The molecule has 1 aromatic rings. The van der Waals surface area contributed by atoms with Crippen LogP contribution in [-0.4, -0.2) is 28.4 Å². The lowest BCUT2D eigenvalue weighted by Crippen LogP contribution is -2.13. The van der Waals surface area contributed by atoms with Gasteiger partial charge in [-0.2, -0.15) is 0 Å². The van der Waals surface area contributed by atoms with Gasteiger partial charge in [0.25, 0.3) is 0 Å². The van der Waals surface area contributed by atoms with Crippen molar-refractivity contribution in [3.05, 3.63) is 17.2 Å². The predicted octanol–water partition coefficient (Wildman–Crippen LogP) is 1.30. The van der Waals surface area contributed by atoms with Gasteiger partial charge in [-0.1, -0.05) is 11.6 Å². The number of rotatable bonds is 4. The third kappa shape index (κ3) is 2.56. The fourth-order valence-corrected chi connectivity index (χ4v) is 1.42. The molecule has 1 aromatic heterocycles. The smallest absolute Gasteiger partial charge is 0.313 e. The van der Waals surface area contributed by atoms with Gasteiger partial charge in [0.15, 0.2) is 10.9 Å². The number of carbonyl (C=O) groups excluding carboxylic acids is 2. The molecule has 0 spiro atoms. The Hall–Kier alpha value is -1.36. The van der Waals surface area contributed by atoms with Crippen LogP contribution >= 0.6 is 11.6 Å². The molecule has 0 unspecified atom stereocenters. The van der Waals surface area contributed by atoms with Gasteiger partial charge in [-0.15, -0.1) is 0 Å². The van der Waals surface area contributed by atoms with Crippen molar-refractivity contribution in [3.63, 3.8) is 0 Å². The van der Waals surface area contributed by atoms with E-state index in [1.54, 1.807) is 4.57 Å². The van der Waals surface area contributed by atoms with Crippen LogP contribution in [0.25, 0.3) is 0 Å². The summed E-state index contributed by atoms with van der Waals surface area (Å²) in [6.07, 6.45) is 1.15. The van der Waals surface area contributed by atoms with Crippen LogP contribution in [0.5, 0.6) is 0 Å². The van der Waals surface area contributed by atoms with Gasteiger partial charge in [-0.3, -0.25) is 9.59 Å². The van der Waals surface area contributed by atoms with Crippen molar-refractivity contribution in [3.8, 4) is 0 Å². The maximum Gasteiger partial charge on any atom is 0.313 e. The lowest BCUT2D eigenvalue weighted by Gasteiger charge is -2.03. The van der Waals surface area contributed by atoms with Crippen molar-refractivity contribution in [2.45, 2.75) is 19.9 Å². The minimum atomic E-state index is -0.583. The number of aryl methyl sites for hydroxylation is 1. The summed E-state index contributed by atoms with van der Waals surface area (Å²) in [6.45, 7) is 2.43. The van der Waals surface area contributed by atoms with E-state index >= 15 is 0 Å². The number of ether oxygens (including phenoxy) is 1. The average Bonchev–Trinajstić information content (AvgIpc) is 2.59. The lowest BCUT2D eigenvalue weighted by molar-refractivity contribution is -0.139. The molecule has 0 amide bonds. The first kappa shape index (κ1) is 11.7. The van der Waals surface area contributed by atoms with Crippen molar-refractivity contribution in [2.24, 2.45) is 0 Å². The predicted molar refractivity (Wildman–Crippen MR) is 53.9 cm³/mol. The molecule has 0 aliphatic rings. The normalized spacial score (nSPS) is 10.1. The maximum absolute atomic E-state index is 11.6. The number of aromatic nitrogens is 2. The van der Waals surface area contributed by atoms with Crippen LogP contribution in [0.15, 0.2) is 6.33 Å². The summed E-state index contributed by atoms with van der Waals surface area (Å²) in [6, 6.07) is 0. The molecular weight excluding hydrogens is 220 g/mol. The fourth-order valence-electron chi connectivity index (χ4n) is 1.16. The summed E-state index contributed by atoms with van der Waals surface area (Å²) < 4.78 is 5.99. The number of ketones is 1. The zero-order chi connectivity index (χ0) is 11.4. The molecule has 6 heteroatoms. The largest absolute Gasteiger partial charge is 0.469 e. The molecule has 0 saturated heterocycles. The van der Waals surface area contributed by atoms with E-state index in [9.17, 15) is 9.59 Å². The van der Waals surface area contributed by atoms with E-state index in [0.29, 0.717) is 6.54 Å². The van der Waals surface area contributed by atoms with Gasteiger partial charge in [0.2, 0.25) is 0 Å². The van der Waals surface area contributed by atoms with Crippen LogP contribution in [0.1, 0.15) is 23.8 Å². The molecule has 5 nitrogen and oxygen atoms in total. The number of imidazole rings is 1. The highest BCUT2D eigenvalue weighted by Gasteiger charge is 2.19. The third-order valence-electron chi connectivity index (χ3n) is 1.93. The minimum absolute atomic E-state index is 0.116. The van der Waals surface area contributed by atoms with Gasteiger partial charge in [-0.25, -0.2) is 4.98 Å². The number of Topliss-reactive ketones (excluding diaryl/α,β-unsaturated/α-hetero) is 1. The van der Waals surface area contributed by atoms with Gasteiger partial charge < -0.3 is 9.30 Å². The van der Waals surface area contributed by atoms with E-state index in [4.69, 9.17) is 11.6 Å². The molecule has 15 heavy (non-hydrogen) atoms. The second kappa shape index (κ2) is 4.93. The molecule has 0 aliphatic carbocycles. The van der Waals surface area contributed by atoms with Crippen molar-refractivity contribution >= 4 is 23.4 Å². The number of hydrogen-bond acceptors (Lipinski definition) is 4. The van der Waals surface area contributed by atoms with Crippen molar-refractivity contribution in [1.82, 2.24) is 9.55 Å². The number of hydrogen-bond donors (Lipinski definition) is 0. The first-order valence-corrected chi connectivity index (χ1v) is 4.78. The van der Waals surface area contributed by atoms with E-state index in [2.05, 4.69) is 9.72 Å². The molecule has 0 fully saturated rings. The molecule has 0 N–H and O–H groups in total. The Kier molecular flexibility index (Phi) is 3.85. The monoisotopic (exact) mass is 230 g/mol. The summed E-state index contributed by atoms with van der Waals surface area (Å²) >= 11 is 5.74. The fraction of sp³-hybridized carbons (Fsp3) is 0.444. The SMILES string of the molecule is CCn1cnc(Cl)c1C(=O)CC(=O)OC. The minimum Gasteiger partial charge on any atom is -0.469 e. The molecule has 0 bridgehead atoms. The summed E-state index contributed by atoms with van der Waals surface area (Å²) in [5.41, 5.74) is 0.254. The van der Waals surface area contributed by atoms with E-state index in [1.807, 2.05) is 6.92 Å². The number of methoxy groups -OCH3 is 1. The lowest BCUT2D eigenvalue weighted by atomic mass is 10.2. The standard InChI is InChI=1S/C9H11ClN2O3/c1-3-12-5-11-9(10)8(12)6(13)4-7(14)15-2/h5H,3-4H2,1-2H3. The molecule has 1 heterocycles. The van der Waals surface area contributed by atoms with Crippen LogP contribution in [0.3, 0.4) is 0 Å². The average molecular weight is 231 g/mol. The summed E-state index contributed by atoms with van der Waals surface area (Å²) in [5.74, 6) is -0.967. The molecular formula is C9H11ClN2O3. The second-order valence-corrected chi connectivity index (χ2v) is 3.20. The Balaban J connectivity index is 2.90. The Morgan fingerprint density at radius 3 is 2.80 bits per heavy atom. The van der Waals surface area contributed by atoms with Crippen LogP contribution < -0.4 is 0 Å². The van der Waals surface area contributed by atoms with Gasteiger partial charge >= 0.3 is 5.97 Å². The molecule has 0 saturated carbocycles. The van der Waals surface area contributed by atoms with E-state index in [1.165, 1.54) is 13.4 Å². The Morgan fingerprint density at radius 1 is 1.60 bits per heavy atom.